The Balaban J connectivity index is 2.08. The van der Waals surface area contributed by atoms with Crippen LogP contribution in [0.3, 0.4) is 0 Å². The third kappa shape index (κ3) is 2.71. The summed E-state index contributed by atoms with van der Waals surface area (Å²) >= 11 is 1.82. The van der Waals surface area contributed by atoms with Crippen LogP contribution in [-0.2, 0) is 0 Å². The minimum Gasteiger partial charge on any atom is -0.329 e. The van der Waals surface area contributed by atoms with Crippen LogP contribution in [0.1, 0.15) is 17.8 Å². The number of nitrogens with two attached hydrogens (primary N) is 1. The molecule has 2 heterocycles. The molecule has 96 valence electrons. The number of thiophene rings is 1. The van der Waals surface area contributed by atoms with Gasteiger partial charge in [-0.25, -0.2) is 0 Å². The fourth-order valence-electron chi connectivity index (χ4n) is 2.84. The third-order valence-corrected chi connectivity index (χ3v) is 4.77. The summed E-state index contributed by atoms with van der Waals surface area (Å²) in [4.78, 5) is 6.28. The molecule has 1 fully saturated rings. The van der Waals surface area contributed by atoms with Gasteiger partial charge in [0.1, 0.15) is 0 Å². The largest absolute Gasteiger partial charge is 0.329 e. The van der Waals surface area contributed by atoms with E-state index in [2.05, 4.69) is 48.3 Å². The lowest BCUT2D eigenvalue weighted by Crippen LogP contribution is -2.36. The molecule has 4 heteroatoms. The summed E-state index contributed by atoms with van der Waals surface area (Å²) in [5, 5.41) is 2.14. The lowest BCUT2D eigenvalue weighted by atomic mass is 10.1. The first-order valence-electron chi connectivity index (χ1n) is 6.27. The van der Waals surface area contributed by atoms with Crippen molar-refractivity contribution in [2.45, 2.75) is 19.0 Å². The molecule has 0 amide bonds. The molecule has 3 unspecified atom stereocenters. The van der Waals surface area contributed by atoms with Gasteiger partial charge in [-0.2, -0.15) is 0 Å². The van der Waals surface area contributed by atoms with Gasteiger partial charge in [0.2, 0.25) is 0 Å². The van der Waals surface area contributed by atoms with Gasteiger partial charge in [-0.15, -0.1) is 11.3 Å². The van der Waals surface area contributed by atoms with E-state index in [9.17, 15) is 0 Å². The van der Waals surface area contributed by atoms with Crippen molar-refractivity contribution in [3.8, 4) is 0 Å². The molecule has 1 saturated heterocycles. The summed E-state index contributed by atoms with van der Waals surface area (Å²) < 4.78 is 0. The summed E-state index contributed by atoms with van der Waals surface area (Å²) in [7, 11) is 4.35. The van der Waals surface area contributed by atoms with Crippen LogP contribution in [-0.4, -0.2) is 49.6 Å². The normalized spacial score (nSPS) is 27.8. The number of nitrogens with zero attached hydrogens (tertiary/aromatic N) is 2. The van der Waals surface area contributed by atoms with Gasteiger partial charge < -0.3 is 10.6 Å². The van der Waals surface area contributed by atoms with E-state index < -0.39 is 0 Å². The van der Waals surface area contributed by atoms with E-state index in [0.717, 1.165) is 19.0 Å². The molecular formula is C13H23N3S. The van der Waals surface area contributed by atoms with Gasteiger partial charge in [0, 0.05) is 30.6 Å². The predicted octanol–water partition coefficient (Wildman–Crippen LogP) is 1.63. The molecule has 2 rings (SSSR count). The van der Waals surface area contributed by atoms with Crippen LogP contribution < -0.4 is 5.73 Å². The van der Waals surface area contributed by atoms with Crippen LogP contribution in [0, 0.1) is 5.92 Å². The average Bonchev–Trinajstić information content (AvgIpc) is 2.89. The van der Waals surface area contributed by atoms with Crippen molar-refractivity contribution in [3.63, 3.8) is 0 Å². The van der Waals surface area contributed by atoms with E-state index in [4.69, 9.17) is 5.73 Å². The molecule has 3 nitrogen and oxygen atoms in total. The zero-order chi connectivity index (χ0) is 12.4. The van der Waals surface area contributed by atoms with Crippen LogP contribution in [0.15, 0.2) is 17.5 Å². The van der Waals surface area contributed by atoms with Gasteiger partial charge in [0.25, 0.3) is 0 Å². The van der Waals surface area contributed by atoms with Crippen molar-refractivity contribution in [1.82, 2.24) is 9.80 Å². The SMILES string of the molecule is CC1CN(C(CN)c2cccs2)CC1N(C)C. The van der Waals surface area contributed by atoms with Gasteiger partial charge in [-0.3, -0.25) is 4.90 Å². The van der Waals surface area contributed by atoms with Crippen LogP contribution in [0.2, 0.25) is 0 Å². The van der Waals surface area contributed by atoms with Crippen LogP contribution in [0.25, 0.3) is 0 Å². The molecule has 1 aromatic rings. The maximum Gasteiger partial charge on any atom is 0.0564 e. The molecule has 0 saturated carbocycles. The first-order chi connectivity index (χ1) is 8.13. The zero-order valence-electron chi connectivity index (χ0n) is 11.0. The molecule has 0 aromatic carbocycles. The van der Waals surface area contributed by atoms with Crippen molar-refractivity contribution in [2.75, 3.05) is 33.7 Å². The lowest BCUT2D eigenvalue weighted by Gasteiger charge is -2.27. The zero-order valence-corrected chi connectivity index (χ0v) is 11.8. The average molecular weight is 253 g/mol. The number of hydrogen-bond acceptors (Lipinski definition) is 4. The molecule has 1 aromatic heterocycles. The van der Waals surface area contributed by atoms with Crippen molar-refractivity contribution >= 4 is 11.3 Å². The van der Waals surface area contributed by atoms with E-state index in [1.807, 2.05) is 11.3 Å². The minimum atomic E-state index is 0.405. The van der Waals surface area contributed by atoms with Gasteiger partial charge in [-0.05, 0) is 31.5 Å². The third-order valence-electron chi connectivity index (χ3n) is 3.80. The number of likely N-dealkylation sites (N-methyl/N-ethyl adjacent to an activating group) is 1. The van der Waals surface area contributed by atoms with E-state index in [1.165, 1.54) is 4.88 Å². The molecule has 1 aliphatic heterocycles. The maximum absolute atomic E-state index is 5.96. The van der Waals surface area contributed by atoms with E-state index in [-0.39, 0.29) is 0 Å². The Morgan fingerprint density at radius 1 is 1.53 bits per heavy atom. The molecule has 1 aliphatic rings. The van der Waals surface area contributed by atoms with Crippen LogP contribution in [0.4, 0.5) is 0 Å². The highest BCUT2D eigenvalue weighted by molar-refractivity contribution is 7.10. The van der Waals surface area contributed by atoms with E-state index in [1.54, 1.807) is 0 Å². The first kappa shape index (κ1) is 13.0. The second-order valence-corrected chi connectivity index (χ2v) is 6.21. The quantitative estimate of drug-likeness (QED) is 0.885. The Hall–Kier alpha value is -0.420. The standard InChI is InChI=1S/C13H23N3S/c1-10-8-16(9-12(10)15(2)3)11(7-14)13-5-4-6-17-13/h4-6,10-12H,7-9,14H2,1-3H3. The van der Waals surface area contributed by atoms with Crippen LogP contribution >= 0.6 is 11.3 Å². The van der Waals surface area contributed by atoms with Gasteiger partial charge >= 0.3 is 0 Å². The summed E-state index contributed by atoms with van der Waals surface area (Å²) in [6.45, 7) is 5.34. The Bertz CT molecular complexity index is 336. The van der Waals surface area contributed by atoms with Crippen LogP contribution in [0.5, 0.6) is 0 Å². The number of likely N-dealkylation sites (tertiary alicyclic amines) is 1. The molecule has 0 spiro atoms. The Morgan fingerprint density at radius 3 is 2.76 bits per heavy atom. The molecule has 17 heavy (non-hydrogen) atoms. The van der Waals surface area contributed by atoms with Crippen molar-refractivity contribution in [1.29, 1.82) is 0 Å². The minimum absolute atomic E-state index is 0.405. The molecule has 2 N–H and O–H groups in total. The predicted molar refractivity (Wildman–Crippen MR) is 74.3 cm³/mol. The highest BCUT2D eigenvalue weighted by Gasteiger charge is 2.34. The number of rotatable bonds is 4. The Kier molecular flexibility index (Phi) is 4.20. The monoisotopic (exact) mass is 253 g/mol. The summed E-state index contributed by atoms with van der Waals surface area (Å²) in [5.74, 6) is 0.721. The van der Waals surface area contributed by atoms with E-state index >= 15 is 0 Å². The van der Waals surface area contributed by atoms with Crippen molar-refractivity contribution in [2.24, 2.45) is 11.7 Å². The smallest absolute Gasteiger partial charge is 0.0564 e. The lowest BCUT2D eigenvalue weighted by molar-refractivity contribution is 0.221. The van der Waals surface area contributed by atoms with Crippen molar-refractivity contribution < 1.29 is 0 Å². The molecular weight excluding hydrogens is 230 g/mol. The summed E-state index contributed by atoms with van der Waals surface area (Å²) in [6, 6.07) is 5.38. The topological polar surface area (TPSA) is 32.5 Å². The second kappa shape index (κ2) is 5.48. The van der Waals surface area contributed by atoms with Gasteiger partial charge in [0.05, 0.1) is 6.04 Å². The first-order valence-corrected chi connectivity index (χ1v) is 7.15. The molecule has 3 atom stereocenters. The molecule has 0 aliphatic carbocycles. The Labute approximate surface area is 108 Å². The van der Waals surface area contributed by atoms with E-state index in [0.29, 0.717) is 18.6 Å². The second-order valence-electron chi connectivity index (χ2n) is 5.23. The Morgan fingerprint density at radius 2 is 2.29 bits per heavy atom. The highest BCUT2D eigenvalue weighted by Crippen LogP contribution is 2.30. The molecule has 0 bridgehead atoms. The fourth-order valence-corrected chi connectivity index (χ4v) is 3.71. The van der Waals surface area contributed by atoms with Gasteiger partial charge in [-0.1, -0.05) is 13.0 Å². The molecule has 0 radical (unpaired) electrons. The maximum atomic E-state index is 5.96. The number of hydrogen-bond donors (Lipinski definition) is 1. The van der Waals surface area contributed by atoms with Crippen molar-refractivity contribution in [3.05, 3.63) is 22.4 Å². The van der Waals surface area contributed by atoms with Gasteiger partial charge in [0.15, 0.2) is 0 Å². The fraction of sp³-hybridized carbons (Fsp3) is 0.692. The summed E-state index contributed by atoms with van der Waals surface area (Å²) in [6.07, 6.45) is 0. The highest BCUT2D eigenvalue weighted by atomic mass is 32.1. The summed E-state index contributed by atoms with van der Waals surface area (Å²) in [5.41, 5.74) is 5.96.